The van der Waals surface area contributed by atoms with Crippen LogP contribution in [0.1, 0.15) is 35.8 Å². The van der Waals surface area contributed by atoms with Gasteiger partial charge < -0.3 is 10.0 Å². The maximum atomic E-state index is 13.5. The zero-order valence-corrected chi connectivity index (χ0v) is 14.5. The fourth-order valence-electron chi connectivity index (χ4n) is 3.26. The number of likely N-dealkylation sites (tertiary alicyclic amines) is 1. The number of piperidine rings is 1. The highest BCUT2D eigenvalue weighted by Gasteiger charge is 2.21. The lowest BCUT2D eigenvalue weighted by Crippen LogP contribution is -2.37. The molecule has 0 saturated carbocycles. The fraction of sp³-hybridized carbons (Fsp3) is 0.368. The first-order chi connectivity index (χ1) is 12.4. The molecule has 0 unspecified atom stereocenters. The number of nitrogens with zero attached hydrogens (tertiary/aromatic N) is 3. The molecule has 1 aliphatic heterocycles. The predicted molar refractivity (Wildman–Crippen MR) is 93.1 cm³/mol. The molecule has 0 atom stereocenters. The minimum absolute atomic E-state index is 0.00921. The summed E-state index contributed by atoms with van der Waals surface area (Å²) in [5, 5.41) is 9.25. The Balaban J connectivity index is 1.71. The van der Waals surface area contributed by atoms with Crippen LogP contribution in [0.4, 0.5) is 4.39 Å². The van der Waals surface area contributed by atoms with Gasteiger partial charge in [0.05, 0.1) is 23.1 Å². The van der Waals surface area contributed by atoms with Crippen molar-refractivity contribution in [1.29, 1.82) is 0 Å². The Morgan fingerprint density at radius 3 is 2.54 bits per heavy atom. The third-order valence-electron chi connectivity index (χ3n) is 4.75. The molecule has 2 heterocycles. The van der Waals surface area contributed by atoms with Crippen LogP contribution in [0, 0.1) is 11.7 Å². The van der Waals surface area contributed by atoms with Crippen molar-refractivity contribution in [3.8, 4) is 11.3 Å². The number of aromatic carboxylic acids is 1. The summed E-state index contributed by atoms with van der Waals surface area (Å²) >= 11 is 0. The van der Waals surface area contributed by atoms with Crippen LogP contribution in [0.2, 0.25) is 0 Å². The Morgan fingerprint density at radius 1 is 1.23 bits per heavy atom. The van der Waals surface area contributed by atoms with Crippen molar-refractivity contribution in [2.24, 2.45) is 5.92 Å². The number of carboxylic acids is 1. The maximum absolute atomic E-state index is 13.5. The largest absolute Gasteiger partial charge is 0.478 e. The van der Waals surface area contributed by atoms with Gasteiger partial charge in [-0.05, 0) is 43.4 Å². The van der Waals surface area contributed by atoms with E-state index in [1.165, 1.54) is 12.3 Å². The second kappa shape index (κ2) is 7.59. The van der Waals surface area contributed by atoms with E-state index in [1.54, 1.807) is 13.1 Å². The molecular weight excluding hydrogens is 337 g/mol. The van der Waals surface area contributed by atoms with E-state index in [9.17, 15) is 19.1 Å². The van der Waals surface area contributed by atoms with Crippen LogP contribution >= 0.6 is 0 Å². The topological polar surface area (TPSA) is 83.4 Å². The summed E-state index contributed by atoms with van der Waals surface area (Å²) in [6, 6.07) is 3.50. The number of carbonyl (C=O) groups is 2. The molecular formula is C19H20FN3O3. The predicted octanol–water partition coefficient (Wildman–Crippen LogP) is 2.78. The second-order valence-corrected chi connectivity index (χ2v) is 6.54. The van der Waals surface area contributed by atoms with Crippen LogP contribution in [0.25, 0.3) is 11.3 Å². The van der Waals surface area contributed by atoms with Gasteiger partial charge in [0, 0.05) is 31.8 Å². The molecule has 1 amide bonds. The van der Waals surface area contributed by atoms with Crippen LogP contribution in [0.3, 0.4) is 0 Å². The number of benzene rings is 1. The average molecular weight is 357 g/mol. The molecule has 3 rings (SSSR count). The molecule has 1 fully saturated rings. The van der Waals surface area contributed by atoms with Crippen LogP contribution in [0.15, 0.2) is 30.6 Å². The van der Waals surface area contributed by atoms with E-state index in [4.69, 9.17) is 0 Å². The van der Waals surface area contributed by atoms with Crippen molar-refractivity contribution in [3.63, 3.8) is 0 Å². The second-order valence-electron chi connectivity index (χ2n) is 6.54. The summed E-state index contributed by atoms with van der Waals surface area (Å²) in [6.07, 6.45) is 5.71. The Kier molecular flexibility index (Phi) is 5.25. The zero-order chi connectivity index (χ0) is 18.7. The minimum atomic E-state index is -1.14. The number of rotatable bonds is 4. The van der Waals surface area contributed by atoms with Gasteiger partial charge in [0.15, 0.2) is 0 Å². The fourth-order valence-corrected chi connectivity index (χ4v) is 3.26. The molecule has 7 heteroatoms. The van der Waals surface area contributed by atoms with Crippen molar-refractivity contribution < 1.29 is 19.1 Å². The Bertz CT molecular complexity index is 815. The molecule has 136 valence electrons. The summed E-state index contributed by atoms with van der Waals surface area (Å²) < 4.78 is 13.5. The number of hydrogen-bond donors (Lipinski definition) is 1. The summed E-state index contributed by atoms with van der Waals surface area (Å²) in [5.41, 5.74) is 1.34. The minimum Gasteiger partial charge on any atom is -0.478 e. The Labute approximate surface area is 150 Å². The SMILES string of the molecule is CC(=O)N1CCC(Cc2cnc(-c3cc(F)ccc3C(=O)O)cn2)CC1. The van der Waals surface area contributed by atoms with Crippen molar-refractivity contribution >= 4 is 11.9 Å². The van der Waals surface area contributed by atoms with Gasteiger partial charge in [-0.2, -0.15) is 0 Å². The van der Waals surface area contributed by atoms with Gasteiger partial charge in [0.2, 0.25) is 5.91 Å². The molecule has 1 aromatic heterocycles. The van der Waals surface area contributed by atoms with E-state index in [1.807, 2.05) is 4.90 Å². The Hall–Kier alpha value is -2.83. The van der Waals surface area contributed by atoms with Crippen LogP contribution in [-0.4, -0.2) is 44.9 Å². The molecule has 2 aromatic rings. The van der Waals surface area contributed by atoms with Gasteiger partial charge in [-0.3, -0.25) is 14.8 Å². The first-order valence-corrected chi connectivity index (χ1v) is 8.53. The summed E-state index contributed by atoms with van der Waals surface area (Å²) in [5.74, 6) is -1.11. The number of carboxylic acid groups (broad SMARTS) is 1. The number of amides is 1. The zero-order valence-electron chi connectivity index (χ0n) is 14.5. The molecule has 1 saturated heterocycles. The maximum Gasteiger partial charge on any atom is 0.336 e. The first kappa shape index (κ1) is 18.0. The molecule has 1 N–H and O–H groups in total. The molecule has 1 aromatic carbocycles. The highest BCUT2D eigenvalue weighted by Crippen LogP contribution is 2.24. The van der Waals surface area contributed by atoms with Crippen molar-refractivity contribution in [2.75, 3.05) is 13.1 Å². The highest BCUT2D eigenvalue weighted by atomic mass is 19.1. The molecule has 1 aliphatic rings. The number of aromatic nitrogens is 2. The van der Waals surface area contributed by atoms with Crippen LogP contribution in [-0.2, 0) is 11.2 Å². The Morgan fingerprint density at radius 2 is 1.96 bits per heavy atom. The lowest BCUT2D eigenvalue weighted by Gasteiger charge is -2.31. The third-order valence-corrected chi connectivity index (χ3v) is 4.75. The third kappa shape index (κ3) is 4.04. The van der Waals surface area contributed by atoms with Gasteiger partial charge in [0.1, 0.15) is 5.82 Å². The number of hydrogen-bond acceptors (Lipinski definition) is 4. The van der Waals surface area contributed by atoms with Gasteiger partial charge in [-0.1, -0.05) is 0 Å². The molecule has 0 bridgehead atoms. The van der Waals surface area contributed by atoms with Crippen molar-refractivity contribution in [3.05, 3.63) is 47.7 Å². The molecule has 0 radical (unpaired) electrons. The van der Waals surface area contributed by atoms with Crippen molar-refractivity contribution in [2.45, 2.75) is 26.2 Å². The van der Waals surface area contributed by atoms with E-state index in [0.29, 0.717) is 11.6 Å². The van der Waals surface area contributed by atoms with Gasteiger partial charge >= 0.3 is 5.97 Å². The average Bonchev–Trinajstić information content (AvgIpc) is 2.62. The van der Waals surface area contributed by atoms with E-state index < -0.39 is 11.8 Å². The normalized spacial score (nSPS) is 15.1. The van der Waals surface area contributed by atoms with Crippen molar-refractivity contribution in [1.82, 2.24) is 14.9 Å². The lowest BCUT2D eigenvalue weighted by atomic mass is 9.92. The summed E-state index contributed by atoms with van der Waals surface area (Å²) in [7, 11) is 0. The number of carbonyl (C=O) groups excluding carboxylic acids is 1. The summed E-state index contributed by atoms with van der Waals surface area (Å²) in [6.45, 7) is 3.11. The monoisotopic (exact) mass is 357 g/mol. The van der Waals surface area contributed by atoms with Crippen LogP contribution < -0.4 is 0 Å². The number of halogens is 1. The van der Waals surface area contributed by atoms with Gasteiger partial charge in [-0.15, -0.1) is 0 Å². The van der Waals surface area contributed by atoms with Crippen LogP contribution in [0.5, 0.6) is 0 Å². The van der Waals surface area contributed by atoms with E-state index in [-0.39, 0.29) is 17.0 Å². The van der Waals surface area contributed by atoms with Gasteiger partial charge in [0.25, 0.3) is 0 Å². The summed E-state index contributed by atoms with van der Waals surface area (Å²) in [4.78, 5) is 33.2. The quantitative estimate of drug-likeness (QED) is 0.910. The smallest absolute Gasteiger partial charge is 0.336 e. The van der Waals surface area contributed by atoms with E-state index in [2.05, 4.69) is 9.97 Å². The lowest BCUT2D eigenvalue weighted by molar-refractivity contribution is -0.130. The van der Waals surface area contributed by atoms with E-state index >= 15 is 0 Å². The molecule has 0 spiro atoms. The molecule has 0 aliphatic carbocycles. The molecule has 6 nitrogen and oxygen atoms in total. The first-order valence-electron chi connectivity index (χ1n) is 8.53. The highest BCUT2D eigenvalue weighted by molar-refractivity contribution is 5.95. The van der Waals surface area contributed by atoms with E-state index in [0.717, 1.165) is 50.2 Å². The standard InChI is InChI=1S/C19H20FN3O3/c1-12(24)23-6-4-13(5-7-23)8-15-10-22-18(11-21-15)17-9-14(20)2-3-16(17)19(25)26/h2-3,9-11,13H,4-8H2,1H3,(H,25,26). The van der Waals surface area contributed by atoms with Gasteiger partial charge in [-0.25, -0.2) is 9.18 Å². The molecule has 26 heavy (non-hydrogen) atoms.